The Hall–Kier alpha value is -1.77. The third-order valence-corrected chi connectivity index (χ3v) is 3.78. The molecule has 1 unspecified atom stereocenters. The number of methoxy groups -OCH3 is 1. The number of nitriles is 1. The molecule has 1 amide bonds. The minimum atomic E-state index is -0.386. The monoisotopic (exact) mass is 293 g/mol. The van der Waals surface area contributed by atoms with Crippen molar-refractivity contribution >= 4 is 17.7 Å². The van der Waals surface area contributed by atoms with E-state index in [0.29, 0.717) is 31.2 Å². The Morgan fingerprint density at radius 2 is 2.00 bits per heavy atom. The van der Waals surface area contributed by atoms with Gasteiger partial charge in [0.1, 0.15) is 6.04 Å². The highest BCUT2D eigenvalue weighted by Crippen LogP contribution is 2.27. The van der Waals surface area contributed by atoms with Crippen molar-refractivity contribution in [1.29, 1.82) is 5.26 Å². The lowest BCUT2D eigenvalue weighted by Gasteiger charge is -2.36. The maximum Gasteiger partial charge on any atom is 0.409 e. The first kappa shape index (κ1) is 14.6. The summed E-state index contributed by atoms with van der Waals surface area (Å²) in [4.78, 5) is 15.1. The average Bonchev–Trinajstić information content (AvgIpc) is 2.50. The van der Waals surface area contributed by atoms with Crippen molar-refractivity contribution in [1.82, 2.24) is 9.80 Å². The van der Waals surface area contributed by atoms with E-state index in [1.807, 2.05) is 23.1 Å². The molecular formula is C14H16ClN3O2. The van der Waals surface area contributed by atoms with E-state index in [-0.39, 0.29) is 12.1 Å². The second kappa shape index (κ2) is 6.60. The van der Waals surface area contributed by atoms with Crippen molar-refractivity contribution < 1.29 is 9.53 Å². The Morgan fingerprint density at radius 3 is 2.55 bits per heavy atom. The fraction of sp³-hybridized carbons (Fsp3) is 0.429. The normalized spacial score (nSPS) is 17.4. The van der Waals surface area contributed by atoms with Crippen LogP contribution in [0.4, 0.5) is 4.79 Å². The lowest BCUT2D eigenvalue weighted by atomic mass is 10.1. The van der Waals surface area contributed by atoms with E-state index in [4.69, 9.17) is 16.3 Å². The molecule has 0 N–H and O–H groups in total. The lowest BCUT2D eigenvalue weighted by molar-refractivity contribution is 0.0834. The molecule has 0 spiro atoms. The van der Waals surface area contributed by atoms with E-state index in [0.717, 1.165) is 5.56 Å². The molecule has 0 aromatic heterocycles. The fourth-order valence-corrected chi connectivity index (χ4v) is 2.58. The second-order valence-electron chi connectivity index (χ2n) is 4.55. The van der Waals surface area contributed by atoms with Crippen LogP contribution in [0, 0.1) is 11.3 Å². The molecule has 1 saturated heterocycles. The molecule has 1 aromatic carbocycles. The SMILES string of the molecule is COC(=O)N1CCN(C(C#N)c2ccccc2Cl)CC1. The zero-order chi connectivity index (χ0) is 14.5. The van der Waals surface area contributed by atoms with E-state index >= 15 is 0 Å². The Bertz CT molecular complexity index is 521. The first-order valence-electron chi connectivity index (χ1n) is 6.38. The van der Waals surface area contributed by atoms with Crippen LogP contribution in [0.25, 0.3) is 0 Å². The number of halogens is 1. The number of piperazine rings is 1. The first-order valence-corrected chi connectivity index (χ1v) is 6.76. The second-order valence-corrected chi connectivity index (χ2v) is 4.95. The number of benzene rings is 1. The zero-order valence-corrected chi connectivity index (χ0v) is 12.0. The largest absolute Gasteiger partial charge is 0.453 e. The summed E-state index contributed by atoms with van der Waals surface area (Å²) in [7, 11) is 1.37. The number of hydrogen-bond donors (Lipinski definition) is 0. The van der Waals surface area contributed by atoms with E-state index in [2.05, 4.69) is 6.07 Å². The quantitative estimate of drug-likeness (QED) is 0.839. The number of nitrogens with zero attached hydrogens (tertiary/aromatic N) is 3. The predicted molar refractivity (Wildman–Crippen MR) is 75.4 cm³/mol. The molecule has 2 rings (SSSR count). The van der Waals surface area contributed by atoms with Gasteiger partial charge in [-0.2, -0.15) is 5.26 Å². The van der Waals surface area contributed by atoms with Gasteiger partial charge in [0.05, 0.1) is 13.2 Å². The lowest BCUT2D eigenvalue weighted by Crippen LogP contribution is -2.49. The van der Waals surface area contributed by atoms with Crippen LogP contribution in [0.2, 0.25) is 5.02 Å². The van der Waals surface area contributed by atoms with Crippen LogP contribution in [0.5, 0.6) is 0 Å². The van der Waals surface area contributed by atoms with Gasteiger partial charge in [0, 0.05) is 36.8 Å². The molecule has 1 aliphatic heterocycles. The van der Waals surface area contributed by atoms with Gasteiger partial charge in [0.2, 0.25) is 0 Å². The van der Waals surface area contributed by atoms with Crippen LogP contribution in [0.1, 0.15) is 11.6 Å². The van der Waals surface area contributed by atoms with Gasteiger partial charge in [-0.25, -0.2) is 4.79 Å². The van der Waals surface area contributed by atoms with Crippen molar-refractivity contribution in [3.8, 4) is 6.07 Å². The number of ether oxygens (including phenoxy) is 1. The molecule has 0 saturated carbocycles. The number of amides is 1. The maximum absolute atomic E-state index is 11.4. The highest BCUT2D eigenvalue weighted by atomic mass is 35.5. The summed E-state index contributed by atoms with van der Waals surface area (Å²) in [6, 6.07) is 9.27. The highest BCUT2D eigenvalue weighted by molar-refractivity contribution is 6.31. The Kier molecular flexibility index (Phi) is 4.83. The topological polar surface area (TPSA) is 56.6 Å². The smallest absolute Gasteiger partial charge is 0.409 e. The minimum Gasteiger partial charge on any atom is -0.453 e. The Labute approximate surface area is 123 Å². The molecule has 1 aliphatic rings. The van der Waals surface area contributed by atoms with Crippen molar-refractivity contribution in [3.05, 3.63) is 34.9 Å². The van der Waals surface area contributed by atoms with Crippen molar-refractivity contribution in [3.63, 3.8) is 0 Å². The van der Waals surface area contributed by atoms with Crippen molar-refractivity contribution in [2.24, 2.45) is 0 Å². The standard InChI is InChI=1S/C14H16ClN3O2/c1-20-14(19)18-8-6-17(7-9-18)13(10-16)11-4-2-3-5-12(11)15/h2-5,13H,6-9H2,1H3. The number of carbonyl (C=O) groups excluding carboxylic acids is 1. The summed E-state index contributed by atoms with van der Waals surface area (Å²) in [5, 5.41) is 10.0. The van der Waals surface area contributed by atoms with E-state index in [9.17, 15) is 10.1 Å². The summed E-state index contributed by atoms with van der Waals surface area (Å²) in [6.07, 6.45) is -0.323. The van der Waals surface area contributed by atoms with Gasteiger partial charge < -0.3 is 9.64 Å². The van der Waals surface area contributed by atoms with Gasteiger partial charge >= 0.3 is 6.09 Å². The average molecular weight is 294 g/mol. The zero-order valence-electron chi connectivity index (χ0n) is 11.3. The van der Waals surface area contributed by atoms with Crippen LogP contribution >= 0.6 is 11.6 Å². The predicted octanol–water partition coefficient (Wildman–Crippen LogP) is 2.29. The van der Waals surface area contributed by atoms with Crippen LogP contribution in [0.3, 0.4) is 0 Å². The first-order chi connectivity index (χ1) is 9.67. The molecule has 1 atom stereocenters. The van der Waals surface area contributed by atoms with Crippen LogP contribution in [0.15, 0.2) is 24.3 Å². The van der Waals surface area contributed by atoms with E-state index < -0.39 is 0 Å². The summed E-state index contributed by atoms with van der Waals surface area (Å²) in [5.74, 6) is 0. The summed E-state index contributed by atoms with van der Waals surface area (Å²) in [6.45, 7) is 2.35. The summed E-state index contributed by atoms with van der Waals surface area (Å²) >= 11 is 6.16. The third kappa shape index (κ3) is 3.03. The van der Waals surface area contributed by atoms with E-state index in [1.165, 1.54) is 7.11 Å². The maximum atomic E-state index is 11.4. The molecule has 1 heterocycles. The molecule has 5 nitrogen and oxygen atoms in total. The number of hydrogen-bond acceptors (Lipinski definition) is 4. The van der Waals surface area contributed by atoms with Gasteiger partial charge in [-0.3, -0.25) is 4.90 Å². The molecule has 106 valence electrons. The number of rotatable bonds is 2. The molecular weight excluding hydrogens is 278 g/mol. The van der Waals surface area contributed by atoms with Crippen LogP contribution in [-0.2, 0) is 4.74 Å². The molecule has 1 aromatic rings. The fourth-order valence-electron chi connectivity index (χ4n) is 2.34. The van der Waals surface area contributed by atoms with Crippen molar-refractivity contribution in [2.45, 2.75) is 6.04 Å². The molecule has 6 heteroatoms. The van der Waals surface area contributed by atoms with Gasteiger partial charge in [-0.15, -0.1) is 0 Å². The van der Waals surface area contributed by atoms with Gasteiger partial charge in [-0.05, 0) is 6.07 Å². The number of carbonyl (C=O) groups is 1. The van der Waals surface area contributed by atoms with E-state index in [1.54, 1.807) is 11.0 Å². The molecule has 0 aliphatic carbocycles. The third-order valence-electron chi connectivity index (χ3n) is 3.43. The molecule has 0 bridgehead atoms. The van der Waals surface area contributed by atoms with Gasteiger partial charge in [0.15, 0.2) is 0 Å². The van der Waals surface area contributed by atoms with Crippen LogP contribution < -0.4 is 0 Å². The van der Waals surface area contributed by atoms with Crippen molar-refractivity contribution in [2.75, 3.05) is 33.3 Å². The summed E-state index contributed by atoms with van der Waals surface area (Å²) < 4.78 is 4.70. The van der Waals surface area contributed by atoms with Gasteiger partial charge in [-0.1, -0.05) is 29.8 Å². The molecule has 0 radical (unpaired) electrons. The Morgan fingerprint density at radius 1 is 1.35 bits per heavy atom. The molecule has 20 heavy (non-hydrogen) atoms. The minimum absolute atomic E-state index is 0.323. The van der Waals surface area contributed by atoms with Gasteiger partial charge in [0.25, 0.3) is 0 Å². The summed E-state index contributed by atoms with van der Waals surface area (Å²) in [5.41, 5.74) is 0.809. The van der Waals surface area contributed by atoms with Crippen LogP contribution in [-0.4, -0.2) is 49.2 Å². The Balaban J connectivity index is 2.07. The highest BCUT2D eigenvalue weighted by Gasteiger charge is 2.28. The molecule has 1 fully saturated rings.